The summed E-state index contributed by atoms with van der Waals surface area (Å²) in [5.74, 6) is 1.59. The molecule has 0 fully saturated rings. The van der Waals surface area contributed by atoms with Crippen molar-refractivity contribution in [2.45, 2.75) is 20.4 Å². The number of hydrogen-bond donors (Lipinski definition) is 3. The molecule has 0 bridgehead atoms. The first-order valence-electron chi connectivity index (χ1n) is 7.42. The molecule has 7 heteroatoms. The van der Waals surface area contributed by atoms with Gasteiger partial charge in [-0.3, -0.25) is 9.79 Å². The van der Waals surface area contributed by atoms with Crippen molar-refractivity contribution in [3.8, 4) is 5.75 Å². The lowest BCUT2D eigenvalue weighted by Crippen LogP contribution is -2.41. The Morgan fingerprint density at radius 1 is 1.22 bits per heavy atom. The molecule has 0 saturated carbocycles. The summed E-state index contributed by atoms with van der Waals surface area (Å²) in [4.78, 5) is 15.6. The fourth-order valence-electron chi connectivity index (χ4n) is 1.76. The summed E-state index contributed by atoms with van der Waals surface area (Å²) in [7, 11) is 3.37. The minimum atomic E-state index is 0. The molecule has 0 atom stereocenters. The molecule has 0 aliphatic rings. The van der Waals surface area contributed by atoms with Crippen molar-refractivity contribution in [2.75, 3.05) is 27.2 Å². The predicted molar refractivity (Wildman–Crippen MR) is 104 cm³/mol. The highest BCUT2D eigenvalue weighted by molar-refractivity contribution is 14.0. The van der Waals surface area contributed by atoms with E-state index in [4.69, 9.17) is 4.74 Å². The van der Waals surface area contributed by atoms with Gasteiger partial charge in [-0.05, 0) is 17.7 Å². The highest BCUT2D eigenvalue weighted by Crippen LogP contribution is 2.11. The number of benzene rings is 1. The molecular weight excluding hydrogens is 407 g/mol. The summed E-state index contributed by atoms with van der Waals surface area (Å²) in [5, 5.41) is 9.22. The van der Waals surface area contributed by atoms with Crippen molar-refractivity contribution in [1.29, 1.82) is 0 Å². The second-order valence-electron chi connectivity index (χ2n) is 5.15. The van der Waals surface area contributed by atoms with Gasteiger partial charge in [0.2, 0.25) is 5.91 Å². The molecule has 1 aromatic carbocycles. The van der Waals surface area contributed by atoms with E-state index in [1.165, 1.54) is 0 Å². The maximum absolute atomic E-state index is 11.4. The molecule has 0 saturated heterocycles. The lowest BCUT2D eigenvalue weighted by atomic mass is 10.2. The van der Waals surface area contributed by atoms with Crippen LogP contribution >= 0.6 is 24.0 Å². The van der Waals surface area contributed by atoms with E-state index in [9.17, 15) is 4.79 Å². The second-order valence-corrected chi connectivity index (χ2v) is 5.15. The van der Waals surface area contributed by atoms with Gasteiger partial charge in [-0.25, -0.2) is 0 Å². The molecule has 1 amide bonds. The number of amides is 1. The predicted octanol–water partition coefficient (Wildman–Crippen LogP) is 1.75. The molecular formula is C16H27IN4O2. The lowest BCUT2D eigenvalue weighted by molar-refractivity contribution is -0.123. The third-order valence-corrected chi connectivity index (χ3v) is 3.06. The number of nitrogens with zero attached hydrogens (tertiary/aromatic N) is 1. The molecule has 0 spiro atoms. The van der Waals surface area contributed by atoms with Crippen molar-refractivity contribution < 1.29 is 9.53 Å². The summed E-state index contributed by atoms with van der Waals surface area (Å²) in [6.07, 6.45) is 0. The SMILES string of the molecule is CN=C(NCCNC(=O)C(C)C)NCc1cccc(OC)c1.I. The Hall–Kier alpha value is -1.51. The number of nitrogens with one attached hydrogen (secondary N) is 3. The number of ether oxygens (including phenoxy) is 1. The van der Waals surface area contributed by atoms with Gasteiger partial charge in [0.25, 0.3) is 0 Å². The quantitative estimate of drug-likeness (QED) is 0.265. The smallest absolute Gasteiger partial charge is 0.222 e. The van der Waals surface area contributed by atoms with Crippen molar-refractivity contribution in [2.24, 2.45) is 10.9 Å². The first-order valence-corrected chi connectivity index (χ1v) is 7.42. The van der Waals surface area contributed by atoms with Crippen LogP contribution in [-0.2, 0) is 11.3 Å². The lowest BCUT2D eigenvalue weighted by Gasteiger charge is -2.13. The van der Waals surface area contributed by atoms with E-state index in [-0.39, 0.29) is 35.8 Å². The molecule has 1 rings (SSSR count). The van der Waals surface area contributed by atoms with Crippen molar-refractivity contribution in [3.63, 3.8) is 0 Å². The largest absolute Gasteiger partial charge is 0.497 e. The van der Waals surface area contributed by atoms with Gasteiger partial charge in [0.1, 0.15) is 5.75 Å². The van der Waals surface area contributed by atoms with Crippen LogP contribution in [0.1, 0.15) is 19.4 Å². The number of guanidine groups is 1. The minimum absolute atomic E-state index is 0. The number of methoxy groups -OCH3 is 1. The van der Waals surface area contributed by atoms with Gasteiger partial charge >= 0.3 is 0 Å². The highest BCUT2D eigenvalue weighted by Gasteiger charge is 2.05. The fourth-order valence-corrected chi connectivity index (χ4v) is 1.76. The third kappa shape index (κ3) is 8.63. The second kappa shape index (κ2) is 12.0. The topological polar surface area (TPSA) is 74.8 Å². The van der Waals surface area contributed by atoms with Crippen molar-refractivity contribution >= 4 is 35.8 Å². The van der Waals surface area contributed by atoms with Crippen LogP contribution in [0.5, 0.6) is 5.75 Å². The molecule has 130 valence electrons. The van der Waals surface area contributed by atoms with Crippen LogP contribution in [0.3, 0.4) is 0 Å². The van der Waals surface area contributed by atoms with E-state index in [0.29, 0.717) is 25.6 Å². The molecule has 1 aromatic rings. The van der Waals surface area contributed by atoms with Crippen LogP contribution in [0.4, 0.5) is 0 Å². The first-order chi connectivity index (χ1) is 10.6. The maximum atomic E-state index is 11.4. The van der Waals surface area contributed by atoms with Crippen molar-refractivity contribution in [3.05, 3.63) is 29.8 Å². The number of halogens is 1. The summed E-state index contributed by atoms with van der Waals surface area (Å²) in [5.41, 5.74) is 1.11. The van der Waals surface area contributed by atoms with E-state index >= 15 is 0 Å². The van der Waals surface area contributed by atoms with Crippen LogP contribution in [0.15, 0.2) is 29.3 Å². The molecule has 0 unspecified atom stereocenters. The summed E-state index contributed by atoms with van der Waals surface area (Å²) in [6.45, 7) is 5.58. The average Bonchev–Trinajstić information content (AvgIpc) is 2.54. The molecule has 3 N–H and O–H groups in total. The Labute approximate surface area is 155 Å². The normalized spacial score (nSPS) is 10.7. The van der Waals surface area contributed by atoms with E-state index in [1.54, 1.807) is 14.2 Å². The molecule has 0 aliphatic heterocycles. The summed E-state index contributed by atoms with van der Waals surface area (Å²) in [6, 6.07) is 7.86. The third-order valence-electron chi connectivity index (χ3n) is 3.06. The zero-order chi connectivity index (χ0) is 16.4. The number of carbonyl (C=O) groups is 1. The maximum Gasteiger partial charge on any atom is 0.222 e. The molecule has 23 heavy (non-hydrogen) atoms. The summed E-state index contributed by atoms with van der Waals surface area (Å²) >= 11 is 0. The van der Waals surface area contributed by atoms with Crippen LogP contribution in [0.2, 0.25) is 0 Å². The number of aliphatic imine (C=N–C) groups is 1. The standard InChI is InChI=1S/C16H26N4O2.HI/c1-12(2)15(21)18-8-9-19-16(17-3)20-11-13-6-5-7-14(10-13)22-4;/h5-7,10,12H,8-9,11H2,1-4H3,(H,18,21)(H2,17,19,20);1H. The van der Waals surface area contributed by atoms with Gasteiger partial charge in [0.15, 0.2) is 5.96 Å². The zero-order valence-electron chi connectivity index (χ0n) is 14.2. The fraction of sp³-hybridized carbons (Fsp3) is 0.500. The number of hydrogen-bond acceptors (Lipinski definition) is 3. The first kappa shape index (κ1) is 21.5. The van der Waals surface area contributed by atoms with E-state index in [0.717, 1.165) is 11.3 Å². The molecule has 0 radical (unpaired) electrons. The Bertz CT molecular complexity index is 507. The van der Waals surface area contributed by atoms with Crippen LogP contribution in [-0.4, -0.2) is 39.1 Å². The van der Waals surface area contributed by atoms with Crippen molar-refractivity contribution in [1.82, 2.24) is 16.0 Å². The zero-order valence-corrected chi connectivity index (χ0v) is 16.5. The monoisotopic (exact) mass is 434 g/mol. The number of rotatable bonds is 7. The van der Waals surface area contributed by atoms with Gasteiger partial charge in [0, 0.05) is 32.6 Å². The van der Waals surface area contributed by atoms with Crippen LogP contribution in [0, 0.1) is 5.92 Å². The van der Waals surface area contributed by atoms with Gasteiger partial charge < -0.3 is 20.7 Å². The Morgan fingerprint density at radius 2 is 1.91 bits per heavy atom. The molecule has 0 heterocycles. The van der Waals surface area contributed by atoms with Gasteiger partial charge in [0.05, 0.1) is 7.11 Å². The Balaban J connectivity index is 0.00000484. The molecule has 0 aromatic heterocycles. The van der Waals surface area contributed by atoms with Gasteiger partial charge in [-0.1, -0.05) is 26.0 Å². The Morgan fingerprint density at radius 3 is 2.52 bits per heavy atom. The summed E-state index contributed by atoms with van der Waals surface area (Å²) < 4.78 is 5.20. The van der Waals surface area contributed by atoms with Gasteiger partial charge in [-0.2, -0.15) is 0 Å². The van der Waals surface area contributed by atoms with Gasteiger partial charge in [-0.15, -0.1) is 24.0 Å². The van der Waals surface area contributed by atoms with E-state index < -0.39 is 0 Å². The molecule has 6 nitrogen and oxygen atoms in total. The Kier molecular flexibility index (Phi) is 11.2. The van der Waals surface area contributed by atoms with Crippen LogP contribution in [0.25, 0.3) is 0 Å². The molecule has 0 aliphatic carbocycles. The number of carbonyl (C=O) groups excluding carboxylic acids is 1. The minimum Gasteiger partial charge on any atom is -0.497 e. The van der Waals surface area contributed by atoms with Crippen LogP contribution < -0.4 is 20.7 Å². The van der Waals surface area contributed by atoms with E-state index in [1.807, 2.05) is 38.1 Å². The highest BCUT2D eigenvalue weighted by atomic mass is 127. The van der Waals surface area contributed by atoms with E-state index in [2.05, 4.69) is 20.9 Å². The average molecular weight is 434 g/mol.